The highest BCUT2D eigenvalue weighted by molar-refractivity contribution is 9.10. The van der Waals surface area contributed by atoms with E-state index in [4.69, 9.17) is 11.6 Å². The molecule has 0 spiro atoms. The van der Waals surface area contributed by atoms with Crippen molar-refractivity contribution in [1.82, 2.24) is 9.55 Å². The lowest BCUT2D eigenvalue weighted by Crippen LogP contribution is -2.01. The van der Waals surface area contributed by atoms with Crippen molar-refractivity contribution in [2.24, 2.45) is 0 Å². The van der Waals surface area contributed by atoms with Crippen LogP contribution in [-0.4, -0.2) is 9.55 Å². The topological polar surface area (TPSA) is 17.8 Å². The molecule has 0 aliphatic heterocycles. The number of hydrogen-bond acceptors (Lipinski definition) is 1. The Hall–Kier alpha value is -1.65. The fourth-order valence-corrected chi connectivity index (χ4v) is 3.03. The Morgan fingerprint density at radius 3 is 2.62 bits per heavy atom. The van der Waals surface area contributed by atoms with E-state index in [2.05, 4.69) is 20.9 Å². The second-order valence-corrected chi connectivity index (χ2v) is 6.02. The maximum atomic E-state index is 13.0. The van der Waals surface area contributed by atoms with Crippen molar-refractivity contribution in [3.8, 4) is 11.4 Å². The van der Waals surface area contributed by atoms with Crippen LogP contribution in [0, 0.1) is 5.82 Å². The molecule has 0 aliphatic rings. The second-order valence-electron chi connectivity index (χ2n) is 4.66. The lowest BCUT2D eigenvalue weighted by Gasteiger charge is -2.09. The molecule has 3 aromatic rings. The number of hydrogen-bond donors (Lipinski definition) is 0. The average Bonchev–Trinajstić information content (AvgIpc) is 2.88. The molecule has 0 bridgehead atoms. The van der Waals surface area contributed by atoms with E-state index in [9.17, 15) is 4.39 Å². The average molecular weight is 366 g/mol. The van der Waals surface area contributed by atoms with Gasteiger partial charge < -0.3 is 4.57 Å². The van der Waals surface area contributed by atoms with Crippen LogP contribution in [-0.2, 0) is 6.54 Å². The highest BCUT2D eigenvalue weighted by atomic mass is 79.9. The van der Waals surface area contributed by atoms with Gasteiger partial charge in [0.25, 0.3) is 0 Å². The van der Waals surface area contributed by atoms with E-state index in [1.807, 2.05) is 29.0 Å². The van der Waals surface area contributed by atoms with Crippen LogP contribution in [0.25, 0.3) is 11.4 Å². The van der Waals surface area contributed by atoms with Crippen molar-refractivity contribution in [2.75, 3.05) is 0 Å². The number of benzene rings is 2. The highest BCUT2D eigenvalue weighted by Crippen LogP contribution is 2.26. The molecule has 0 unspecified atom stereocenters. The van der Waals surface area contributed by atoms with Crippen LogP contribution >= 0.6 is 27.5 Å². The fraction of sp³-hybridized carbons (Fsp3) is 0.0625. The molecule has 2 nitrogen and oxygen atoms in total. The third-order valence-electron chi connectivity index (χ3n) is 3.10. The first kappa shape index (κ1) is 14.3. The fourth-order valence-electron chi connectivity index (χ4n) is 2.17. The van der Waals surface area contributed by atoms with Crippen LogP contribution in [0.15, 0.2) is 59.3 Å². The molecule has 0 aliphatic carbocycles. The molecule has 3 rings (SSSR count). The summed E-state index contributed by atoms with van der Waals surface area (Å²) in [6.45, 7) is 0.625. The van der Waals surface area contributed by atoms with E-state index >= 15 is 0 Å². The summed E-state index contributed by atoms with van der Waals surface area (Å²) >= 11 is 9.52. The van der Waals surface area contributed by atoms with Crippen molar-refractivity contribution in [2.45, 2.75) is 6.54 Å². The maximum Gasteiger partial charge on any atom is 0.140 e. The van der Waals surface area contributed by atoms with Gasteiger partial charge in [-0.05, 0) is 35.9 Å². The van der Waals surface area contributed by atoms with Crippen molar-refractivity contribution in [1.29, 1.82) is 0 Å². The molecule has 0 saturated carbocycles. The minimum absolute atomic E-state index is 0.233. The SMILES string of the molecule is Fc1ccc(Cn2ccnc2-c2cc(Cl)cc(Br)c2)cc1. The molecule has 1 aromatic heterocycles. The summed E-state index contributed by atoms with van der Waals surface area (Å²) in [6, 6.07) is 12.1. The number of aromatic nitrogens is 2. The Morgan fingerprint density at radius 2 is 1.90 bits per heavy atom. The smallest absolute Gasteiger partial charge is 0.140 e. The van der Waals surface area contributed by atoms with Crippen molar-refractivity contribution in [3.63, 3.8) is 0 Å². The lowest BCUT2D eigenvalue weighted by molar-refractivity contribution is 0.626. The number of nitrogens with zero attached hydrogens (tertiary/aromatic N) is 2. The van der Waals surface area contributed by atoms with Gasteiger partial charge >= 0.3 is 0 Å². The first-order chi connectivity index (χ1) is 10.1. The largest absolute Gasteiger partial charge is 0.327 e. The molecule has 0 radical (unpaired) electrons. The molecule has 5 heteroatoms. The van der Waals surface area contributed by atoms with Crippen LogP contribution in [0.5, 0.6) is 0 Å². The molecular formula is C16H11BrClFN2. The standard InChI is InChI=1S/C16H11BrClFN2/c17-13-7-12(8-14(18)9-13)16-20-5-6-21(16)10-11-1-3-15(19)4-2-11/h1-9H,10H2. The Bertz CT molecular complexity index is 748. The third-order valence-corrected chi connectivity index (χ3v) is 3.78. The maximum absolute atomic E-state index is 13.0. The zero-order valence-corrected chi connectivity index (χ0v) is 13.3. The monoisotopic (exact) mass is 364 g/mol. The highest BCUT2D eigenvalue weighted by Gasteiger charge is 2.08. The molecule has 106 valence electrons. The van der Waals surface area contributed by atoms with Crippen LogP contribution in [0.2, 0.25) is 5.02 Å². The number of halogens is 3. The van der Waals surface area contributed by atoms with Gasteiger partial charge in [-0.2, -0.15) is 0 Å². The van der Waals surface area contributed by atoms with Gasteiger partial charge in [-0.3, -0.25) is 0 Å². The van der Waals surface area contributed by atoms with E-state index in [0.717, 1.165) is 21.4 Å². The summed E-state index contributed by atoms with van der Waals surface area (Å²) in [5.74, 6) is 0.589. The minimum Gasteiger partial charge on any atom is -0.327 e. The van der Waals surface area contributed by atoms with Crippen molar-refractivity contribution in [3.05, 3.63) is 75.7 Å². The minimum atomic E-state index is -0.233. The van der Waals surface area contributed by atoms with Crippen molar-refractivity contribution >= 4 is 27.5 Å². The molecular weight excluding hydrogens is 355 g/mol. The van der Waals surface area contributed by atoms with E-state index in [1.54, 1.807) is 18.3 Å². The second kappa shape index (κ2) is 6.00. The van der Waals surface area contributed by atoms with Gasteiger partial charge in [-0.25, -0.2) is 9.37 Å². The van der Waals surface area contributed by atoms with Gasteiger partial charge in [0, 0.05) is 34.0 Å². The zero-order chi connectivity index (χ0) is 14.8. The van der Waals surface area contributed by atoms with Gasteiger partial charge in [0.2, 0.25) is 0 Å². The Balaban J connectivity index is 1.95. The molecule has 1 heterocycles. The number of rotatable bonds is 3. The number of imidazole rings is 1. The lowest BCUT2D eigenvalue weighted by atomic mass is 10.2. The van der Waals surface area contributed by atoms with Crippen LogP contribution in [0.1, 0.15) is 5.56 Å². The Kier molecular flexibility index (Phi) is 4.08. The first-order valence-electron chi connectivity index (χ1n) is 6.34. The van der Waals surface area contributed by atoms with Gasteiger partial charge in [0.05, 0.1) is 0 Å². The molecule has 21 heavy (non-hydrogen) atoms. The predicted molar refractivity (Wildman–Crippen MR) is 85.9 cm³/mol. The molecule has 0 fully saturated rings. The van der Waals surface area contributed by atoms with Crippen molar-refractivity contribution < 1.29 is 4.39 Å². The van der Waals surface area contributed by atoms with Gasteiger partial charge in [0.1, 0.15) is 11.6 Å². The van der Waals surface area contributed by atoms with E-state index < -0.39 is 0 Å². The molecule has 0 atom stereocenters. The molecule has 2 aromatic carbocycles. The summed E-state index contributed by atoms with van der Waals surface area (Å²) in [5, 5.41) is 0.649. The van der Waals surface area contributed by atoms with E-state index in [0.29, 0.717) is 11.6 Å². The Morgan fingerprint density at radius 1 is 1.14 bits per heavy atom. The quantitative estimate of drug-likeness (QED) is 0.627. The van der Waals surface area contributed by atoms with E-state index in [-0.39, 0.29) is 5.82 Å². The van der Waals surface area contributed by atoms with Gasteiger partial charge in [-0.15, -0.1) is 0 Å². The van der Waals surface area contributed by atoms with Crippen LogP contribution < -0.4 is 0 Å². The molecule has 0 saturated heterocycles. The third kappa shape index (κ3) is 3.34. The van der Waals surface area contributed by atoms with Gasteiger partial charge in [-0.1, -0.05) is 39.7 Å². The summed E-state index contributed by atoms with van der Waals surface area (Å²) in [6.07, 6.45) is 3.64. The summed E-state index contributed by atoms with van der Waals surface area (Å²) < 4.78 is 15.9. The molecule has 0 amide bonds. The van der Waals surface area contributed by atoms with E-state index in [1.165, 1.54) is 12.1 Å². The summed E-state index contributed by atoms with van der Waals surface area (Å²) in [4.78, 5) is 4.39. The first-order valence-corrected chi connectivity index (χ1v) is 7.51. The zero-order valence-electron chi connectivity index (χ0n) is 10.9. The Labute approximate surface area is 135 Å². The van der Waals surface area contributed by atoms with Gasteiger partial charge in [0.15, 0.2) is 0 Å². The predicted octanol–water partition coefficient (Wildman–Crippen LogP) is 5.15. The van der Waals surface area contributed by atoms with Crippen LogP contribution in [0.4, 0.5) is 4.39 Å². The normalized spacial score (nSPS) is 10.8. The molecule has 0 N–H and O–H groups in total. The summed E-state index contributed by atoms with van der Waals surface area (Å²) in [7, 11) is 0. The van der Waals surface area contributed by atoms with Crippen LogP contribution in [0.3, 0.4) is 0 Å². The summed E-state index contributed by atoms with van der Waals surface area (Å²) in [5.41, 5.74) is 1.94.